The zero-order chi connectivity index (χ0) is 23.2. The van der Waals surface area contributed by atoms with Crippen LogP contribution in [0.2, 0.25) is 0 Å². The van der Waals surface area contributed by atoms with Gasteiger partial charge in [-0.2, -0.15) is 0 Å². The molecule has 0 saturated carbocycles. The van der Waals surface area contributed by atoms with E-state index in [1.807, 2.05) is 62.4 Å². The lowest BCUT2D eigenvalue weighted by Gasteiger charge is -2.30. The molecular formula is C24H30O6P2. The Kier molecular flexibility index (Phi) is 8.57. The van der Waals surface area contributed by atoms with Gasteiger partial charge in [-0.3, -0.25) is 9.13 Å². The van der Waals surface area contributed by atoms with E-state index in [2.05, 4.69) is 0 Å². The Labute approximate surface area is 190 Å². The molecule has 0 N–H and O–H groups in total. The van der Waals surface area contributed by atoms with E-state index >= 15 is 0 Å². The van der Waals surface area contributed by atoms with E-state index < -0.39 is 13.1 Å². The molecule has 0 heterocycles. The van der Waals surface area contributed by atoms with Crippen LogP contribution >= 0.6 is 16.1 Å². The fourth-order valence-electron chi connectivity index (χ4n) is 4.12. The van der Waals surface area contributed by atoms with Gasteiger partial charge in [0, 0.05) is 18.8 Å². The van der Waals surface area contributed by atoms with Crippen LogP contribution in [0.5, 0.6) is 0 Å². The highest BCUT2D eigenvalue weighted by molar-refractivity contribution is 7.53. The van der Waals surface area contributed by atoms with Crippen molar-refractivity contribution in [2.24, 2.45) is 0 Å². The van der Waals surface area contributed by atoms with Crippen molar-refractivity contribution in [3.8, 4) is 0 Å². The summed E-state index contributed by atoms with van der Waals surface area (Å²) in [5.74, 6) is 0. The van der Waals surface area contributed by atoms with Crippen LogP contribution in [0.25, 0.3) is 21.5 Å². The Hall–Kier alpha value is -1.65. The van der Waals surface area contributed by atoms with Crippen molar-refractivity contribution >= 4 is 37.6 Å². The first-order chi connectivity index (χ1) is 15.5. The number of hydrogen-bond acceptors (Lipinski definition) is 6. The minimum Gasteiger partial charge on any atom is -0.337 e. The van der Waals surface area contributed by atoms with Gasteiger partial charge in [0.2, 0.25) is 8.46 Å². The van der Waals surface area contributed by atoms with Gasteiger partial charge in [-0.15, -0.1) is 0 Å². The van der Waals surface area contributed by atoms with Crippen LogP contribution in [-0.2, 0) is 39.3 Å². The first kappa shape index (κ1) is 25.0. The van der Waals surface area contributed by atoms with Gasteiger partial charge in [-0.25, -0.2) is 0 Å². The summed E-state index contributed by atoms with van der Waals surface area (Å²) in [6.07, 6.45) is 0.126. The predicted molar refractivity (Wildman–Crippen MR) is 129 cm³/mol. The molecule has 3 rings (SSSR count). The number of benzene rings is 3. The lowest BCUT2D eigenvalue weighted by molar-refractivity contribution is -0.174. The van der Waals surface area contributed by atoms with Gasteiger partial charge >= 0.3 is 7.60 Å². The molecule has 6 nitrogen and oxygen atoms in total. The molecule has 8 heteroatoms. The summed E-state index contributed by atoms with van der Waals surface area (Å²) in [4.78, 5) is 0. The second-order valence-corrected chi connectivity index (χ2v) is 9.91. The number of ether oxygens (including phenoxy) is 2. The van der Waals surface area contributed by atoms with Crippen molar-refractivity contribution in [2.45, 2.75) is 39.4 Å². The van der Waals surface area contributed by atoms with Crippen molar-refractivity contribution in [3.05, 3.63) is 59.7 Å². The molecule has 0 aliphatic heterocycles. The molecule has 3 aromatic carbocycles. The van der Waals surface area contributed by atoms with E-state index in [9.17, 15) is 9.13 Å². The fourth-order valence-corrected chi connectivity index (χ4v) is 6.59. The van der Waals surface area contributed by atoms with Crippen molar-refractivity contribution in [1.29, 1.82) is 0 Å². The molecule has 0 aliphatic carbocycles. The summed E-state index contributed by atoms with van der Waals surface area (Å²) >= 11 is 0. The van der Waals surface area contributed by atoms with Crippen LogP contribution in [0.3, 0.4) is 0 Å². The average Bonchev–Trinajstić information content (AvgIpc) is 2.79. The van der Waals surface area contributed by atoms with E-state index in [1.54, 1.807) is 13.8 Å². The highest BCUT2D eigenvalue weighted by Gasteiger charge is 2.39. The van der Waals surface area contributed by atoms with Crippen molar-refractivity contribution in [2.75, 3.05) is 26.4 Å². The van der Waals surface area contributed by atoms with Gasteiger partial charge in [0.05, 0.1) is 19.4 Å². The highest BCUT2D eigenvalue weighted by atomic mass is 31.2. The van der Waals surface area contributed by atoms with Gasteiger partial charge in [0.25, 0.3) is 5.53 Å². The monoisotopic (exact) mass is 476 g/mol. The van der Waals surface area contributed by atoms with Crippen LogP contribution < -0.4 is 0 Å². The summed E-state index contributed by atoms with van der Waals surface area (Å²) < 4.78 is 49.2. The molecule has 0 bridgehead atoms. The Balaban J connectivity index is 2.42. The predicted octanol–water partition coefficient (Wildman–Crippen LogP) is 7.23. The third-order valence-corrected chi connectivity index (χ3v) is 7.89. The highest BCUT2D eigenvalue weighted by Crippen LogP contribution is 2.54. The third kappa shape index (κ3) is 4.82. The van der Waals surface area contributed by atoms with Crippen LogP contribution in [-0.4, -0.2) is 26.4 Å². The van der Waals surface area contributed by atoms with E-state index in [-0.39, 0.29) is 27.8 Å². The first-order valence-electron chi connectivity index (χ1n) is 10.9. The average molecular weight is 476 g/mol. The van der Waals surface area contributed by atoms with Crippen molar-refractivity contribution < 1.29 is 27.7 Å². The summed E-state index contributed by atoms with van der Waals surface area (Å²) in [6, 6.07) is 15.5. The lowest BCUT2D eigenvalue weighted by Crippen LogP contribution is -2.28. The largest absolute Gasteiger partial charge is 0.337 e. The molecule has 0 amide bonds. The Morgan fingerprint density at radius 1 is 0.750 bits per heavy atom. The molecule has 0 atom stereocenters. The maximum atomic E-state index is 13.5. The molecule has 0 spiro atoms. The fraction of sp³-hybridized carbons (Fsp3) is 0.417. The van der Waals surface area contributed by atoms with Crippen LogP contribution in [0.1, 0.15) is 38.8 Å². The molecule has 3 aromatic rings. The van der Waals surface area contributed by atoms with Gasteiger partial charge in [0.15, 0.2) is 0 Å². The van der Waals surface area contributed by atoms with Crippen LogP contribution in [0, 0.1) is 0 Å². The van der Waals surface area contributed by atoms with Gasteiger partial charge in [-0.05, 0) is 54.8 Å². The minimum absolute atomic E-state index is 0.126. The third-order valence-electron chi connectivity index (χ3n) is 5.16. The summed E-state index contributed by atoms with van der Waals surface area (Å²) in [7, 11) is -3.66. The molecule has 32 heavy (non-hydrogen) atoms. The maximum Gasteiger partial charge on any atom is 0.335 e. The maximum absolute atomic E-state index is 13.5. The zero-order valence-electron chi connectivity index (χ0n) is 19.0. The topological polar surface area (TPSA) is 71.1 Å². The molecule has 0 unspecified atom stereocenters. The number of fused-ring (bicyclic) bond motifs is 2. The smallest absolute Gasteiger partial charge is 0.335 e. The minimum atomic E-state index is -3.36. The van der Waals surface area contributed by atoms with Crippen LogP contribution in [0.15, 0.2) is 48.5 Å². The van der Waals surface area contributed by atoms with Gasteiger partial charge < -0.3 is 18.5 Å². The Bertz CT molecular complexity index is 1060. The molecule has 0 radical (unpaired) electrons. The molecule has 0 aromatic heterocycles. The molecule has 0 aliphatic rings. The summed E-state index contributed by atoms with van der Waals surface area (Å²) in [6.45, 7) is 8.52. The zero-order valence-corrected chi connectivity index (χ0v) is 20.8. The van der Waals surface area contributed by atoms with Crippen molar-refractivity contribution in [3.63, 3.8) is 0 Å². The summed E-state index contributed by atoms with van der Waals surface area (Å²) in [5.41, 5.74) is 0.0928. The van der Waals surface area contributed by atoms with Gasteiger partial charge in [-0.1, -0.05) is 48.5 Å². The standard InChI is InChI=1S/C24H30O6P2/c1-5-27-24(31-25,28-6-2)23-20-15-11-9-13-18(20)22(19-14-10-12-16-21(19)23)17-32(26,29-7-3)30-8-4/h9-16H,5-8,17H2,1-4H3. The lowest BCUT2D eigenvalue weighted by atomic mass is 9.92. The first-order valence-corrected chi connectivity index (χ1v) is 13.5. The summed E-state index contributed by atoms with van der Waals surface area (Å²) in [5, 5.41) is 3.39. The Morgan fingerprint density at radius 3 is 1.56 bits per heavy atom. The number of hydrogen-bond donors (Lipinski definition) is 0. The van der Waals surface area contributed by atoms with Crippen LogP contribution in [0.4, 0.5) is 0 Å². The quantitative estimate of drug-likeness (QED) is 0.156. The van der Waals surface area contributed by atoms with Crippen molar-refractivity contribution in [1.82, 2.24) is 0 Å². The van der Waals surface area contributed by atoms with E-state index in [0.29, 0.717) is 18.8 Å². The molecule has 172 valence electrons. The van der Waals surface area contributed by atoms with E-state index in [0.717, 1.165) is 27.1 Å². The van der Waals surface area contributed by atoms with E-state index in [1.165, 1.54) is 0 Å². The molecule has 0 saturated heterocycles. The SMILES string of the molecule is CCOC(OCC)(P=O)c1c2ccccc2c(CP(=O)(OCC)OCC)c2ccccc12. The molecular weight excluding hydrogens is 446 g/mol. The van der Waals surface area contributed by atoms with Gasteiger partial charge in [0.1, 0.15) is 0 Å². The second-order valence-electron chi connectivity index (χ2n) is 7.09. The molecule has 0 fully saturated rings. The number of rotatable bonds is 12. The van der Waals surface area contributed by atoms with E-state index in [4.69, 9.17) is 18.5 Å². The Morgan fingerprint density at radius 2 is 1.19 bits per heavy atom. The second kappa shape index (κ2) is 11.0. The normalized spacial score (nSPS) is 12.8.